The van der Waals surface area contributed by atoms with Crippen molar-refractivity contribution in [2.75, 3.05) is 0 Å². The second-order valence-electron chi connectivity index (χ2n) is 3.29. The lowest BCUT2D eigenvalue weighted by Crippen LogP contribution is -2.21. The molecule has 0 aliphatic heterocycles. The Labute approximate surface area is 105 Å². The molecule has 0 aromatic carbocycles. The van der Waals surface area contributed by atoms with Gasteiger partial charge in [0, 0.05) is 0 Å². The van der Waals surface area contributed by atoms with E-state index in [0.717, 1.165) is 4.68 Å². The summed E-state index contributed by atoms with van der Waals surface area (Å²) in [6, 6.07) is -1.04. The molecule has 16 heavy (non-hydrogen) atoms. The maximum Gasteiger partial charge on any atom is 0.328 e. The first-order chi connectivity index (χ1) is 7.40. The zero-order valence-electron chi connectivity index (χ0n) is 8.75. The van der Waals surface area contributed by atoms with Gasteiger partial charge in [0.2, 0.25) is 0 Å². The summed E-state index contributed by atoms with van der Waals surface area (Å²) in [6.45, 7) is 3.20. The lowest BCUT2D eigenvalue weighted by Gasteiger charge is -2.13. The van der Waals surface area contributed by atoms with Crippen LogP contribution < -0.4 is 0 Å². The van der Waals surface area contributed by atoms with Gasteiger partial charge in [0.1, 0.15) is 11.7 Å². The number of nitrogens with zero attached hydrogens (tertiary/aromatic N) is 2. The van der Waals surface area contributed by atoms with E-state index in [1.807, 2.05) is 0 Å². The highest BCUT2D eigenvalue weighted by Crippen LogP contribution is 2.29. The number of alkyl halides is 2. The lowest BCUT2D eigenvalue weighted by molar-refractivity contribution is -0.141. The first-order valence-corrected chi connectivity index (χ1v) is 5.73. The molecule has 0 unspecified atom stereocenters. The van der Waals surface area contributed by atoms with E-state index in [1.54, 1.807) is 36.4 Å². The Morgan fingerprint density at radius 1 is 1.62 bits per heavy atom. The number of hydrogen-bond donors (Lipinski definition) is 1. The van der Waals surface area contributed by atoms with Gasteiger partial charge in [-0.15, -0.1) is 0 Å². The van der Waals surface area contributed by atoms with Gasteiger partial charge < -0.3 is 5.11 Å². The van der Waals surface area contributed by atoms with Crippen molar-refractivity contribution in [2.45, 2.75) is 32.7 Å². The van der Waals surface area contributed by atoms with Crippen LogP contribution in [0.5, 0.6) is 0 Å². The second kappa shape index (κ2) is 5.07. The average molecular weight is 344 g/mol. The number of rotatable bonds is 4. The fourth-order valence-corrected chi connectivity index (χ4v) is 2.02. The third-order valence-corrected chi connectivity index (χ3v) is 3.55. The van der Waals surface area contributed by atoms with E-state index in [0.29, 0.717) is 9.26 Å². The first-order valence-electron chi connectivity index (χ1n) is 4.65. The van der Waals surface area contributed by atoms with Gasteiger partial charge in [-0.3, -0.25) is 0 Å². The molecule has 0 bridgehead atoms. The Balaban J connectivity index is 3.32. The van der Waals surface area contributed by atoms with Gasteiger partial charge in [-0.25, -0.2) is 18.3 Å². The third-order valence-electron chi connectivity index (χ3n) is 2.22. The van der Waals surface area contributed by atoms with E-state index >= 15 is 0 Å². The van der Waals surface area contributed by atoms with Gasteiger partial charge in [-0.05, 0) is 35.9 Å². The lowest BCUT2D eigenvalue weighted by atomic mass is 10.2. The van der Waals surface area contributed by atoms with Crippen molar-refractivity contribution < 1.29 is 18.7 Å². The molecule has 90 valence electrons. The number of carbonyl (C=O) groups is 1. The van der Waals surface area contributed by atoms with Crippen molar-refractivity contribution >= 4 is 28.6 Å². The number of aryl methyl sites for hydroxylation is 1. The minimum absolute atomic E-state index is 0.215. The molecular formula is C9H11F2IN2O2. The van der Waals surface area contributed by atoms with E-state index in [1.165, 1.54) is 0 Å². The Morgan fingerprint density at radius 2 is 2.19 bits per heavy atom. The molecule has 4 nitrogen and oxygen atoms in total. The van der Waals surface area contributed by atoms with Crippen molar-refractivity contribution in [1.82, 2.24) is 9.78 Å². The second-order valence-corrected chi connectivity index (χ2v) is 4.37. The zero-order chi connectivity index (χ0) is 12.5. The molecule has 0 fully saturated rings. The summed E-state index contributed by atoms with van der Waals surface area (Å²) in [5, 5.41) is 12.8. The third kappa shape index (κ3) is 2.33. The smallest absolute Gasteiger partial charge is 0.328 e. The van der Waals surface area contributed by atoms with Crippen LogP contribution in [-0.2, 0) is 4.79 Å². The normalized spacial score (nSPS) is 13.1. The van der Waals surface area contributed by atoms with Gasteiger partial charge in [-0.2, -0.15) is 5.10 Å². The first kappa shape index (κ1) is 13.3. The molecule has 1 aromatic heterocycles. The fraction of sp³-hybridized carbons (Fsp3) is 0.556. The predicted octanol–water partition coefficient (Wildman–Crippen LogP) is 2.77. The molecular weight excluding hydrogens is 333 g/mol. The number of halogens is 3. The Bertz CT molecular complexity index is 406. The average Bonchev–Trinajstić information content (AvgIpc) is 2.43. The minimum Gasteiger partial charge on any atom is -0.480 e. The van der Waals surface area contributed by atoms with Crippen molar-refractivity contribution in [3.8, 4) is 0 Å². The molecule has 0 saturated heterocycles. The molecule has 1 atom stereocenters. The number of aliphatic carboxylic acids is 1. The molecule has 1 rings (SSSR count). The Hall–Kier alpha value is -0.730. The van der Waals surface area contributed by atoms with Crippen LogP contribution in [0.3, 0.4) is 0 Å². The molecule has 7 heteroatoms. The topological polar surface area (TPSA) is 55.1 Å². The molecule has 0 amide bonds. The van der Waals surface area contributed by atoms with Crippen molar-refractivity contribution in [2.24, 2.45) is 0 Å². The number of hydrogen-bond acceptors (Lipinski definition) is 2. The van der Waals surface area contributed by atoms with Crippen molar-refractivity contribution in [3.63, 3.8) is 0 Å². The zero-order valence-corrected chi connectivity index (χ0v) is 10.9. The van der Waals surface area contributed by atoms with E-state index in [2.05, 4.69) is 5.10 Å². The summed E-state index contributed by atoms with van der Waals surface area (Å²) >= 11 is 1.76. The standard InChI is InChI=1S/C9H11F2IN2O2/c1-3-5(9(15)16)14-7(8(10)11)6(12)4(2)13-14/h5,8H,3H2,1-2H3,(H,15,16)/t5-/m1/s1. The Morgan fingerprint density at radius 3 is 2.56 bits per heavy atom. The van der Waals surface area contributed by atoms with E-state index in [9.17, 15) is 13.6 Å². The summed E-state index contributed by atoms with van der Waals surface area (Å²) in [5.41, 5.74) is 0.114. The van der Waals surface area contributed by atoms with Gasteiger partial charge in [-0.1, -0.05) is 6.92 Å². The monoisotopic (exact) mass is 344 g/mol. The molecule has 0 aliphatic rings. The van der Waals surface area contributed by atoms with E-state index in [4.69, 9.17) is 5.11 Å². The highest BCUT2D eigenvalue weighted by atomic mass is 127. The van der Waals surface area contributed by atoms with E-state index in [-0.39, 0.29) is 12.1 Å². The highest BCUT2D eigenvalue weighted by molar-refractivity contribution is 14.1. The molecule has 0 saturated carbocycles. The van der Waals surface area contributed by atoms with Crippen LogP contribution in [0.1, 0.15) is 37.2 Å². The molecule has 0 radical (unpaired) electrons. The largest absolute Gasteiger partial charge is 0.480 e. The molecule has 0 aliphatic carbocycles. The van der Waals surface area contributed by atoms with Crippen LogP contribution >= 0.6 is 22.6 Å². The van der Waals surface area contributed by atoms with Gasteiger partial charge in [0.15, 0.2) is 0 Å². The summed E-state index contributed by atoms with van der Waals surface area (Å²) in [7, 11) is 0. The van der Waals surface area contributed by atoms with Crippen LogP contribution in [0.25, 0.3) is 0 Å². The number of carboxylic acids is 1. The van der Waals surface area contributed by atoms with Crippen molar-refractivity contribution in [1.29, 1.82) is 0 Å². The summed E-state index contributed by atoms with van der Waals surface area (Å²) in [5.74, 6) is -1.15. The van der Waals surface area contributed by atoms with Gasteiger partial charge in [0.25, 0.3) is 6.43 Å². The molecule has 0 spiro atoms. The Kier molecular flexibility index (Phi) is 4.22. The van der Waals surface area contributed by atoms with Crippen LogP contribution in [0, 0.1) is 10.5 Å². The maximum absolute atomic E-state index is 12.8. The predicted molar refractivity (Wildman–Crippen MR) is 61.6 cm³/mol. The van der Waals surface area contributed by atoms with Crippen molar-refractivity contribution in [3.05, 3.63) is 15.0 Å². The SMILES string of the molecule is CC[C@H](C(=O)O)n1nc(C)c(I)c1C(F)F. The van der Waals surface area contributed by atoms with Gasteiger partial charge in [0.05, 0.1) is 9.26 Å². The van der Waals surface area contributed by atoms with Crippen LogP contribution in [-0.4, -0.2) is 20.9 Å². The minimum atomic E-state index is -2.72. The summed E-state index contributed by atoms with van der Waals surface area (Å²) in [6.07, 6.45) is -2.51. The molecule has 1 aromatic rings. The maximum atomic E-state index is 12.8. The van der Waals surface area contributed by atoms with Crippen LogP contribution in [0.4, 0.5) is 8.78 Å². The highest BCUT2D eigenvalue weighted by Gasteiger charge is 2.28. The van der Waals surface area contributed by atoms with Crippen LogP contribution in [0.15, 0.2) is 0 Å². The molecule has 1 heterocycles. The van der Waals surface area contributed by atoms with E-state index < -0.39 is 18.4 Å². The summed E-state index contributed by atoms with van der Waals surface area (Å²) in [4.78, 5) is 10.9. The molecule has 1 N–H and O–H groups in total. The van der Waals surface area contributed by atoms with Gasteiger partial charge >= 0.3 is 5.97 Å². The summed E-state index contributed by atoms with van der Waals surface area (Å²) < 4.78 is 26.9. The quantitative estimate of drug-likeness (QED) is 0.855. The fourth-order valence-electron chi connectivity index (χ4n) is 1.43. The number of carboxylic acid groups (broad SMARTS) is 1. The number of aromatic nitrogens is 2. The van der Waals surface area contributed by atoms with Crippen LogP contribution in [0.2, 0.25) is 0 Å².